The van der Waals surface area contributed by atoms with Gasteiger partial charge in [0.1, 0.15) is 0 Å². The summed E-state index contributed by atoms with van der Waals surface area (Å²) in [6.07, 6.45) is 0. The number of aryl methyl sites for hydroxylation is 1. The molecule has 0 saturated carbocycles. The molecule has 4 rings (SSSR count). The van der Waals surface area contributed by atoms with Gasteiger partial charge in [-0.25, -0.2) is 4.98 Å². The van der Waals surface area contributed by atoms with E-state index in [-0.39, 0.29) is 0 Å². The number of anilines is 2. The van der Waals surface area contributed by atoms with Crippen LogP contribution in [0.2, 0.25) is 0 Å². The highest BCUT2D eigenvalue weighted by atomic mass is 32.1. The lowest BCUT2D eigenvalue weighted by Gasteiger charge is -2.13. The summed E-state index contributed by atoms with van der Waals surface area (Å²) in [6.45, 7) is 2.78. The molecule has 0 aliphatic rings. The van der Waals surface area contributed by atoms with Gasteiger partial charge in [-0.3, -0.25) is 0 Å². The number of aromatic nitrogens is 2. The first kappa shape index (κ1) is 17.2. The number of imidazole rings is 1. The van der Waals surface area contributed by atoms with Gasteiger partial charge in [-0.15, -0.1) is 0 Å². The lowest BCUT2D eigenvalue weighted by atomic mass is 10.2. The van der Waals surface area contributed by atoms with Gasteiger partial charge >= 0.3 is 0 Å². The largest absolute Gasteiger partial charge is 0.332 e. The van der Waals surface area contributed by atoms with Gasteiger partial charge in [-0.05, 0) is 54.5 Å². The van der Waals surface area contributed by atoms with Crippen LogP contribution in [0.1, 0.15) is 11.1 Å². The van der Waals surface area contributed by atoms with E-state index in [2.05, 4.69) is 52.5 Å². The molecule has 0 amide bonds. The minimum Gasteiger partial charge on any atom is -0.332 e. The molecule has 2 N–H and O–H groups in total. The van der Waals surface area contributed by atoms with Crippen molar-refractivity contribution in [3.8, 4) is 0 Å². The Bertz CT molecular complexity index is 1090. The Kier molecular flexibility index (Phi) is 4.85. The van der Waals surface area contributed by atoms with Gasteiger partial charge < -0.3 is 15.2 Å². The van der Waals surface area contributed by atoms with Crippen LogP contribution in [-0.2, 0) is 6.54 Å². The summed E-state index contributed by atoms with van der Waals surface area (Å²) < 4.78 is 2.15. The van der Waals surface area contributed by atoms with Crippen LogP contribution in [0.4, 0.5) is 11.6 Å². The van der Waals surface area contributed by atoms with Crippen LogP contribution in [0.15, 0.2) is 78.9 Å². The molecule has 0 spiro atoms. The molecule has 0 saturated heterocycles. The molecule has 1 heterocycles. The quantitative estimate of drug-likeness (QED) is 0.483. The summed E-state index contributed by atoms with van der Waals surface area (Å²) in [4.78, 5) is 4.73. The molecule has 27 heavy (non-hydrogen) atoms. The first-order valence-corrected chi connectivity index (χ1v) is 9.24. The maximum Gasteiger partial charge on any atom is 0.210 e. The molecule has 3 aromatic carbocycles. The molecule has 5 heteroatoms. The number of hydrogen-bond acceptors (Lipinski definition) is 2. The van der Waals surface area contributed by atoms with Crippen LogP contribution in [0.25, 0.3) is 11.0 Å². The van der Waals surface area contributed by atoms with Gasteiger partial charge in [0, 0.05) is 5.69 Å². The first-order valence-electron chi connectivity index (χ1n) is 8.83. The van der Waals surface area contributed by atoms with Crippen LogP contribution >= 0.6 is 12.2 Å². The molecule has 0 bridgehead atoms. The molecular formula is C22H20N4S. The Morgan fingerprint density at radius 3 is 2.52 bits per heavy atom. The third-order valence-electron chi connectivity index (χ3n) is 4.34. The van der Waals surface area contributed by atoms with E-state index in [1.54, 1.807) is 0 Å². The fourth-order valence-corrected chi connectivity index (χ4v) is 3.29. The second-order valence-corrected chi connectivity index (χ2v) is 6.85. The second-order valence-electron chi connectivity index (χ2n) is 6.44. The summed E-state index contributed by atoms with van der Waals surface area (Å²) in [5.74, 6) is 0.727. The summed E-state index contributed by atoms with van der Waals surface area (Å²) in [5.41, 5.74) is 5.36. The third kappa shape index (κ3) is 3.99. The van der Waals surface area contributed by atoms with E-state index in [9.17, 15) is 0 Å². The average molecular weight is 372 g/mol. The zero-order valence-electron chi connectivity index (χ0n) is 15.0. The van der Waals surface area contributed by atoms with E-state index in [0.29, 0.717) is 5.11 Å². The van der Waals surface area contributed by atoms with Gasteiger partial charge in [0.25, 0.3) is 0 Å². The number of fused-ring (bicyclic) bond motifs is 1. The van der Waals surface area contributed by atoms with Crippen molar-refractivity contribution in [1.29, 1.82) is 0 Å². The van der Waals surface area contributed by atoms with Gasteiger partial charge in [0.05, 0.1) is 17.6 Å². The van der Waals surface area contributed by atoms with E-state index in [4.69, 9.17) is 17.2 Å². The molecule has 4 aromatic rings. The minimum atomic E-state index is 0.519. The van der Waals surface area contributed by atoms with Crippen molar-refractivity contribution in [3.05, 3.63) is 90.0 Å². The normalized spacial score (nSPS) is 10.7. The number of benzene rings is 3. The van der Waals surface area contributed by atoms with Gasteiger partial charge in [-0.1, -0.05) is 54.6 Å². The Morgan fingerprint density at radius 1 is 0.926 bits per heavy atom. The molecule has 0 atom stereocenters. The van der Waals surface area contributed by atoms with E-state index in [1.165, 1.54) is 11.1 Å². The van der Waals surface area contributed by atoms with Crippen molar-refractivity contribution >= 4 is 40.0 Å². The number of hydrogen-bond donors (Lipinski definition) is 2. The minimum absolute atomic E-state index is 0.519. The zero-order chi connectivity index (χ0) is 18.6. The highest BCUT2D eigenvalue weighted by Gasteiger charge is 2.12. The smallest absolute Gasteiger partial charge is 0.210 e. The summed E-state index contributed by atoms with van der Waals surface area (Å²) in [7, 11) is 0. The lowest BCUT2D eigenvalue weighted by molar-refractivity contribution is 0.837. The van der Waals surface area contributed by atoms with Gasteiger partial charge in [0.15, 0.2) is 5.11 Å². The zero-order valence-corrected chi connectivity index (χ0v) is 15.8. The van der Waals surface area contributed by atoms with E-state index < -0.39 is 0 Å². The molecular weight excluding hydrogens is 352 g/mol. The monoisotopic (exact) mass is 372 g/mol. The second kappa shape index (κ2) is 7.60. The number of rotatable bonds is 4. The maximum absolute atomic E-state index is 5.51. The van der Waals surface area contributed by atoms with Crippen LogP contribution in [-0.4, -0.2) is 14.7 Å². The first-order chi connectivity index (χ1) is 13.2. The predicted molar refractivity (Wildman–Crippen MR) is 116 cm³/mol. The Hall–Kier alpha value is -3.18. The van der Waals surface area contributed by atoms with Crippen molar-refractivity contribution in [2.24, 2.45) is 0 Å². The molecule has 0 fully saturated rings. The SMILES string of the molecule is Cc1cccc(NC(=S)Nc2nc3ccccc3n2Cc2ccccc2)c1. The third-order valence-corrected chi connectivity index (χ3v) is 4.54. The number of nitrogens with zero attached hydrogens (tertiary/aromatic N) is 2. The van der Waals surface area contributed by atoms with Crippen molar-refractivity contribution in [2.75, 3.05) is 10.6 Å². The molecule has 0 radical (unpaired) electrons. The average Bonchev–Trinajstić information content (AvgIpc) is 3.00. The van der Waals surface area contributed by atoms with Crippen LogP contribution in [0, 0.1) is 6.92 Å². The summed E-state index contributed by atoms with van der Waals surface area (Å²) in [5, 5.41) is 7.01. The number of nitrogens with one attached hydrogen (secondary N) is 2. The Balaban J connectivity index is 1.62. The Labute approximate surface area is 163 Å². The molecule has 0 unspecified atom stereocenters. The van der Waals surface area contributed by atoms with E-state index in [1.807, 2.05) is 48.5 Å². The van der Waals surface area contributed by atoms with Crippen molar-refractivity contribution < 1.29 is 0 Å². The summed E-state index contributed by atoms with van der Waals surface area (Å²) >= 11 is 5.51. The fourth-order valence-electron chi connectivity index (χ4n) is 3.08. The highest BCUT2D eigenvalue weighted by molar-refractivity contribution is 7.80. The lowest BCUT2D eigenvalue weighted by Crippen LogP contribution is -2.21. The van der Waals surface area contributed by atoms with Crippen LogP contribution in [0.5, 0.6) is 0 Å². The van der Waals surface area contributed by atoms with Crippen molar-refractivity contribution in [2.45, 2.75) is 13.5 Å². The van der Waals surface area contributed by atoms with Crippen LogP contribution < -0.4 is 10.6 Å². The standard InChI is InChI=1S/C22H20N4S/c1-16-8-7-11-18(14-16)23-22(27)25-21-24-19-12-5-6-13-20(19)26(21)15-17-9-3-2-4-10-17/h2-14H,15H2,1H3,(H2,23,24,25,27). The molecule has 0 aliphatic carbocycles. The van der Waals surface area contributed by atoms with Gasteiger partial charge in [0.2, 0.25) is 5.95 Å². The maximum atomic E-state index is 5.51. The van der Waals surface area contributed by atoms with E-state index >= 15 is 0 Å². The predicted octanol–water partition coefficient (Wildman–Crippen LogP) is 5.20. The molecule has 134 valence electrons. The number of thiocarbonyl (C=S) groups is 1. The molecule has 1 aromatic heterocycles. The highest BCUT2D eigenvalue weighted by Crippen LogP contribution is 2.21. The van der Waals surface area contributed by atoms with E-state index in [0.717, 1.165) is 29.2 Å². The number of para-hydroxylation sites is 2. The topological polar surface area (TPSA) is 41.9 Å². The Morgan fingerprint density at radius 2 is 1.70 bits per heavy atom. The van der Waals surface area contributed by atoms with Gasteiger partial charge in [-0.2, -0.15) is 0 Å². The van der Waals surface area contributed by atoms with Crippen molar-refractivity contribution in [3.63, 3.8) is 0 Å². The van der Waals surface area contributed by atoms with Crippen LogP contribution in [0.3, 0.4) is 0 Å². The molecule has 0 aliphatic heterocycles. The van der Waals surface area contributed by atoms with Crippen molar-refractivity contribution in [1.82, 2.24) is 9.55 Å². The fraction of sp³-hybridized carbons (Fsp3) is 0.0909. The summed E-state index contributed by atoms with van der Waals surface area (Å²) in [6, 6.07) is 26.6. The molecule has 4 nitrogen and oxygen atoms in total.